The number of carbonyl (C=O) groups excluding carboxylic acids is 1. The van der Waals surface area contributed by atoms with Gasteiger partial charge in [-0.25, -0.2) is 4.39 Å². The topological polar surface area (TPSA) is 52.2 Å². The van der Waals surface area contributed by atoms with Gasteiger partial charge in [0.1, 0.15) is 17.5 Å². The number of allylic oxidation sites excluding steroid dienone is 1. The molecule has 0 saturated carbocycles. The second kappa shape index (κ2) is 12.5. The van der Waals surface area contributed by atoms with Gasteiger partial charge in [0.15, 0.2) is 0 Å². The zero-order valence-corrected chi connectivity index (χ0v) is 22.1. The van der Waals surface area contributed by atoms with Crippen molar-refractivity contribution >= 4 is 57.7 Å². The number of alkyl halides is 6. The molecule has 37 heavy (non-hydrogen) atoms. The van der Waals surface area contributed by atoms with Crippen LogP contribution in [-0.4, -0.2) is 40.4 Å². The molecule has 1 amide bonds. The van der Waals surface area contributed by atoms with Crippen molar-refractivity contribution in [2.24, 2.45) is 0 Å². The van der Waals surface area contributed by atoms with E-state index in [0.29, 0.717) is 6.08 Å². The SMILES string of the molecule is Cc1cc(/C(F)=C/C(c2cc(Cl)c(Cl)c(Cl)c2)C(F)(F)F)ccc1C(=O)NC(C)C[S+]([O-])CC(F)(F)F. The zero-order chi connectivity index (χ0) is 28.3. The first-order valence-corrected chi connectivity index (χ1v) is 12.9. The summed E-state index contributed by atoms with van der Waals surface area (Å²) < 4.78 is 105. The first-order valence-electron chi connectivity index (χ1n) is 10.3. The minimum absolute atomic E-state index is 0.00800. The highest BCUT2D eigenvalue weighted by atomic mass is 35.5. The minimum Gasteiger partial charge on any atom is -0.616 e. The van der Waals surface area contributed by atoms with Crippen LogP contribution in [0.4, 0.5) is 30.7 Å². The van der Waals surface area contributed by atoms with E-state index in [-0.39, 0.29) is 31.8 Å². The lowest BCUT2D eigenvalue weighted by Gasteiger charge is -2.19. The number of hydrogen-bond acceptors (Lipinski definition) is 2. The Morgan fingerprint density at radius 3 is 2.14 bits per heavy atom. The van der Waals surface area contributed by atoms with Crippen molar-refractivity contribution in [2.75, 3.05) is 11.5 Å². The van der Waals surface area contributed by atoms with E-state index in [9.17, 15) is 40.1 Å². The van der Waals surface area contributed by atoms with E-state index in [1.54, 1.807) is 0 Å². The molecular weight excluding hydrogens is 594 g/mol. The fourth-order valence-electron chi connectivity index (χ4n) is 3.31. The predicted molar refractivity (Wildman–Crippen MR) is 131 cm³/mol. The quantitative estimate of drug-likeness (QED) is 0.186. The Labute approximate surface area is 226 Å². The molecule has 0 saturated heterocycles. The molecule has 0 aromatic heterocycles. The Morgan fingerprint density at radius 2 is 1.65 bits per heavy atom. The maximum absolute atomic E-state index is 14.9. The van der Waals surface area contributed by atoms with Crippen molar-refractivity contribution in [1.29, 1.82) is 0 Å². The van der Waals surface area contributed by atoms with Crippen LogP contribution in [0, 0.1) is 6.92 Å². The zero-order valence-electron chi connectivity index (χ0n) is 19.0. The molecule has 0 aliphatic rings. The van der Waals surface area contributed by atoms with Crippen LogP contribution < -0.4 is 5.32 Å². The molecule has 3 atom stereocenters. The van der Waals surface area contributed by atoms with Crippen LogP contribution in [-0.2, 0) is 11.2 Å². The molecule has 204 valence electrons. The Bertz CT molecular complexity index is 1150. The largest absolute Gasteiger partial charge is 0.616 e. The van der Waals surface area contributed by atoms with Crippen LogP contribution in [0.15, 0.2) is 36.4 Å². The highest BCUT2D eigenvalue weighted by molar-refractivity contribution is 7.91. The second-order valence-corrected chi connectivity index (χ2v) is 10.8. The molecule has 2 rings (SSSR count). The highest BCUT2D eigenvalue weighted by Crippen LogP contribution is 2.42. The Morgan fingerprint density at radius 1 is 1.08 bits per heavy atom. The van der Waals surface area contributed by atoms with Crippen molar-refractivity contribution in [3.8, 4) is 0 Å². The lowest BCUT2D eigenvalue weighted by molar-refractivity contribution is -0.139. The van der Waals surface area contributed by atoms with Crippen molar-refractivity contribution < 1.29 is 40.1 Å². The summed E-state index contributed by atoms with van der Waals surface area (Å²) >= 11 is 15.2. The molecule has 0 spiro atoms. The van der Waals surface area contributed by atoms with Gasteiger partial charge in [-0.3, -0.25) is 4.79 Å². The van der Waals surface area contributed by atoms with Crippen molar-refractivity contribution in [1.82, 2.24) is 5.32 Å². The molecule has 0 bridgehead atoms. The molecule has 0 heterocycles. The van der Waals surface area contributed by atoms with Crippen molar-refractivity contribution in [3.63, 3.8) is 0 Å². The Hall–Kier alpha value is -1.66. The normalized spacial score (nSPS) is 15.3. The van der Waals surface area contributed by atoms with Crippen molar-refractivity contribution in [3.05, 3.63) is 73.7 Å². The first-order chi connectivity index (χ1) is 16.9. The number of nitrogens with one attached hydrogen (secondary N) is 1. The van der Waals surface area contributed by atoms with Gasteiger partial charge >= 0.3 is 12.4 Å². The van der Waals surface area contributed by atoms with E-state index in [4.69, 9.17) is 34.8 Å². The highest BCUT2D eigenvalue weighted by Gasteiger charge is 2.40. The summed E-state index contributed by atoms with van der Waals surface area (Å²) in [5, 5.41) is 1.77. The average molecular weight is 613 g/mol. The van der Waals surface area contributed by atoms with E-state index in [2.05, 4.69) is 5.32 Å². The molecule has 0 radical (unpaired) electrons. The third kappa shape index (κ3) is 9.24. The van der Waals surface area contributed by atoms with Gasteiger partial charge in [0.2, 0.25) is 5.75 Å². The smallest absolute Gasteiger partial charge is 0.433 e. The Balaban J connectivity index is 2.25. The van der Waals surface area contributed by atoms with E-state index < -0.39 is 64.3 Å². The number of amides is 1. The standard InChI is InChI=1S/C23H19Cl3F7NO2S/c1-11-5-13(3-4-15(11)21(35)34-12(2)9-37(36)10-22(28,29)30)19(27)8-16(23(31,32)33)14-6-17(24)20(26)18(25)7-14/h3-8,12,16H,9-10H2,1-2H3,(H,34,35)/b19-8-. The Kier molecular flexibility index (Phi) is 10.6. The summed E-state index contributed by atoms with van der Waals surface area (Å²) in [6, 6.07) is 4.36. The van der Waals surface area contributed by atoms with Crippen LogP contribution in [0.5, 0.6) is 0 Å². The molecule has 3 unspecified atom stereocenters. The predicted octanol–water partition coefficient (Wildman–Crippen LogP) is 8.04. The monoisotopic (exact) mass is 611 g/mol. The summed E-state index contributed by atoms with van der Waals surface area (Å²) in [6.07, 6.45) is -9.19. The number of hydrogen-bond donors (Lipinski definition) is 1. The average Bonchev–Trinajstić information content (AvgIpc) is 2.72. The molecule has 14 heteroatoms. The number of rotatable bonds is 8. The third-order valence-electron chi connectivity index (χ3n) is 4.92. The minimum atomic E-state index is -4.91. The summed E-state index contributed by atoms with van der Waals surface area (Å²) in [4.78, 5) is 12.5. The summed E-state index contributed by atoms with van der Waals surface area (Å²) in [5.41, 5.74) is -0.502. The van der Waals surface area contributed by atoms with Gasteiger partial charge in [-0.2, -0.15) is 26.3 Å². The lowest BCUT2D eigenvalue weighted by atomic mass is 9.95. The number of halogens is 10. The van der Waals surface area contributed by atoms with E-state index in [1.807, 2.05) is 0 Å². The van der Waals surface area contributed by atoms with Gasteiger partial charge in [0.25, 0.3) is 5.91 Å². The van der Waals surface area contributed by atoms with Gasteiger partial charge < -0.3 is 9.87 Å². The number of aryl methyl sites for hydroxylation is 1. The number of carbonyl (C=O) groups is 1. The molecule has 3 nitrogen and oxygen atoms in total. The maximum Gasteiger partial charge on any atom is 0.433 e. The number of benzene rings is 2. The maximum atomic E-state index is 14.9. The third-order valence-corrected chi connectivity index (χ3v) is 7.63. The molecular formula is C23H19Cl3F7NO2S. The van der Waals surface area contributed by atoms with Crippen LogP contribution in [0.2, 0.25) is 15.1 Å². The molecule has 1 N–H and O–H groups in total. The summed E-state index contributed by atoms with van der Waals surface area (Å²) in [7, 11) is 0. The summed E-state index contributed by atoms with van der Waals surface area (Å²) in [6.45, 7) is 2.77. The van der Waals surface area contributed by atoms with E-state index in [1.165, 1.54) is 13.8 Å². The van der Waals surface area contributed by atoms with Crippen molar-refractivity contribution in [2.45, 2.75) is 38.2 Å². The molecule has 0 aliphatic carbocycles. The van der Waals surface area contributed by atoms with Gasteiger partial charge in [0, 0.05) is 11.1 Å². The molecule has 2 aromatic rings. The first kappa shape index (κ1) is 31.6. The molecule has 2 aromatic carbocycles. The van der Waals surface area contributed by atoms with Gasteiger partial charge in [0.05, 0.1) is 21.1 Å². The van der Waals surface area contributed by atoms with E-state index >= 15 is 0 Å². The molecule has 0 fully saturated rings. The van der Waals surface area contributed by atoms with Crippen LogP contribution >= 0.6 is 34.8 Å². The van der Waals surface area contributed by atoms with Gasteiger partial charge in [-0.05, 0) is 66.5 Å². The fraction of sp³-hybridized carbons (Fsp3) is 0.348. The van der Waals surface area contributed by atoms with Crippen LogP contribution in [0.1, 0.15) is 39.9 Å². The van der Waals surface area contributed by atoms with Gasteiger partial charge in [-0.15, -0.1) is 0 Å². The second-order valence-electron chi connectivity index (χ2n) is 8.10. The van der Waals surface area contributed by atoms with Crippen LogP contribution in [0.25, 0.3) is 5.83 Å². The summed E-state index contributed by atoms with van der Waals surface area (Å²) in [5.74, 6) is -6.35. The lowest BCUT2D eigenvalue weighted by Crippen LogP contribution is -2.40. The van der Waals surface area contributed by atoms with E-state index in [0.717, 1.165) is 30.3 Å². The fourth-order valence-corrected chi connectivity index (χ4v) is 5.04. The molecule has 0 aliphatic heterocycles. The van der Waals surface area contributed by atoms with Crippen LogP contribution in [0.3, 0.4) is 0 Å². The van der Waals surface area contributed by atoms with Gasteiger partial charge in [-0.1, -0.05) is 40.9 Å².